The molecule has 0 aliphatic carbocycles. The van der Waals surface area contributed by atoms with Gasteiger partial charge >= 0.3 is 0 Å². The molecule has 2 fully saturated rings. The average molecular weight is 553 g/mol. The number of nitrogens with zero attached hydrogens (tertiary/aromatic N) is 4. The Morgan fingerprint density at radius 3 is 2.15 bits per heavy atom. The first-order valence-corrected chi connectivity index (χ1v) is 13.2. The third-order valence-electron chi connectivity index (χ3n) is 7.23. The number of piperazine rings is 1. The number of piperidine rings is 1. The fourth-order valence-corrected chi connectivity index (χ4v) is 5.08. The molecule has 0 bridgehead atoms. The number of nitrogens with one attached hydrogen (secondary N) is 2. The summed E-state index contributed by atoms with van der Waals surface area (Å²) < 4.78 is 54.0. The number of aromatic nitrogens is 2. The van der Waals surface area contributed by atoms with Crippen LogP contribution in [-0.2, 0) is 0 Å². The summed E-state index contributed by atoms with van der Waals surface area (Å²) in [6, 6.07) is 6.67. The third kappa shape index (κ3) is 6.08. The first-order chi connectivity index (χ1) is 19.5. The SMILES string of the molecule is COc1cc(OC)c(F)c(C#Cc2cnc(Nc3ccc(N4CCC(N5CCNCC5)CC4)c(F)c3)nc2)c1F. The summed E-state index contributed by atoms with van der Waals surface area (Å²) in [7, 11) is 2.53. The molecule has 8 nitrogen and oxygen atoms in total. The Kier molecular flexibility index (Phi) is 8.57. The Morgan fingerprint density at radius 1 is 0.900 bits per heavy atom. The highest BCUT2D eigenvalue weighted by molar-refractivity contribution is 5.60. The molecule has 40 heavy (non-hydrogen) atoms. The lowest BCUT2D eigenvalue weighted by Gasteiger charge is -2.41. The van der Waals surface area contributed by atoms with E-state index in [1.165, 1.54) is 32.7 Å². The van der Waals surface area contributed by atoms with E-state index >= 15 is 4.39 Å². The molecule has 2 saturated heterocycles. The Balaban J connectivity index is 1.22. The van der Waals surface area contributed by atoms with Crippen molar-refractivity contribution in [3.8, 4) is 23.3 Å². The van der Waals surface area contributed by atoms with Crippen LogP contribution in [0.15, 0.2) is 36.7 Å². The zero-order valence-corrected chi connectivity index (χ0v) is 22.4. The molecule has 0 unspecified atom stereocenters. The van der Waals surface area contributed by atoms with Crippen LogP contribution in [0, 0.1) is 29.3 Å². The van der Waals surface area contributed by atoms with Crippen LogP contribution in [0.25, 0.3) is 0 Å². The maximum atomic E-state index is 15.0. The van der Waals surface area contributed by atoms with Gasteiger partial charge in [0.05, 0.1) is 25.5 Å². The van der Waals surface area contributed by atoms with Crippen LogP contribution in [0.4, 0.5) is 30.5 Å². The second kappa shape index (κ2) is 12.4. The van der Waals surface area contributed by atoms with Crippen molar-refractivity contribution in [1.29, 1.82) is 0 Å². The molecule has 0 spiro atoms. The van der Waals surface area contributed by atoms with E-state index in [1.807, 2.05) is 0 Å². The van der Waals surface area contributed by atoms with Gasteiger partial charge in [0.1, 0.15) is 11.4 Å². The topological polar surface area (TPSA) is 74.8 Å². The van der Waals surface area contributed by atoms with Crippen LogP contribution in [-0.4, -0.2) is 74.4 Å². The lowest BCUT2D eigenvalue weighted by molar-refractivity contribution is 0.150. The zero-order chi connectivity index (χ0) is 28.1. The molecule has 2 aliphatic heterocycles. The van der Waals surface area contributed by atoms with E-state index in [1.54, 1.807) is 12.1 Å². The van der Waals surface area contributed by atoms with Crippen LogP contribution in [0.3, 0.4) is 0 Å². The number of ether oxygens (including phenoxy) is 2. The third-order valence-corrected chi connectivity index (χ3v) is 7.23. The molecular weight excluding hydrogens is 521 g/mol. The highest BCUT2D eigenvalue weighted by Crippen LogP contribution is 2.31. The average Bonchev–Trinajstić information content (AvgIpc) is 2.99. The molecule has 3 aromatic rings. The van der Waals surface area contributed by atoms with Gasteiger partial charge in [0, 0.05) is 69.5 Å². The number of rotatable bonds is 6. The van der Waals surface area contributed by atoms with Gasteiger partial charge in [-0.1, -0.05) is 11.8 Å². The zero-order valence-electron chi connectivity index (χ0n) is 22.4. The molecule has 1 aromatic heterocycles. The number of anilines is 3. The fraction of sp³-hybridized carbons (Fsp3) is 0.379. The van der Waals surface area contributed by atoms with Crippen molar-refractivity contribution < 1.29 is 22.6 Å². The minimum absolute atomic E-state index is 0.184. The summed E-state index contributed by atoms with van der Waals surface area (Å²) in [6.45, 7) is 5.85. The van der Waals surface area contributed by atoms with Gasteiger partial charge in [-0.3, -0.25) is 4.90 Å². The van der Waals surface area contributed by atoms with E-state index in [-0.39, 0.29) is 23.3 Å². The van der Waals surface area contributed by atoms with E-state index in [0.29, 0.717) is 23.0 Å². The molecule has 5 rings (SSSR count). The number of methoxy groups -OCH3 is 2. The van der Waals surface area contributed by atoms with Gasteiger partial charge in [0.25, 0.3) is 0 Å². The second-order valence-corrected chi connectivity index (χ2v) is 9.62. The Bertz CT molecular complexity index is 1370. The van der Waals surface area contributed by atoms with E-state index in [4.69, 9.17) is 9.47 Å². The summed E-state index contributed by atoms with van der Waals surface area (Å²) in [6.07, 6.45) is 4.85. The molecule has 0 saturated carbocycles. The van der Waals surface area contributed by atoms with Crippen molar-refractivity contribution in [2.75, 3.05) is 63.7 Å². The van der Waals surface area contributed by atoms with Crippen molar-refractivity contribution in [2.45, 2.75) is 18.9 Å². The quantitative estimate of drug-likeness (QED) is 0.446. The summed E-state index contributed by atoms with van der Waals surface area (Å²) in [5.74, 6) is 2.80. The lowest BCUT2D eigenvalue weighted by Crippen LogP contribution is -2.52. The van der Waals surface area contributed by atoms with Gasteiger partial charge in [0.2, 0.25) is 5.95 Å². The summed E-state index contributed by atoms with van der Waals surface area (Å²) in [5, 5.41) is 6.37. The number of benzene rings is 2. The normalized spacial score (nSPS) is 16.3. The van der Waals surface area contributed by atoms with Crippen LogP contribution >= 0.6 is 0 Å². The van der Waals surface area contributed by atoms with Crippen molar-refractivity contribution in [3.05, 3.63) is 65.2 Å². The monoisotopic (exact) mass is 552 g/mol. The van der Waals surface area contributed by atoms with Gasteiger partial charge < -0.3 is 25.0 Å². The van der Waals surface area contributed by atoms with Crippen LogP contribution < -0.4 is 25.0 Å². The van der Waals surface area contributed by atoms with Crippen LogP contribution in [0.5, 0.6) is 11.5 Å². The highest BCUT2D eigenvalue weighted by atomic mass is 19.1. The summed E-state index contributed by atoms with van der Waals surface area (Å²) >= 11 is 0. The fourth-order valence-electron chi connectivity index (χ4n) is 5.08. The lowest BCUT2D eigenvalue weighted by atomic mass is 10.0. The number of hydrogen-bond acceptors (Lipinski definition) is 8. The predicted molar refractivity (Wildman–Crippen MR) is 147 cm³/mol. The van der Waals surface area contributed by atoms with E-state index in [9.17, 15) is 8.78 Å². The van der Waals surface area contributed by atoms with Crippen molar-refractivity contribution in [2.24, 2.45) is 0 Å². The van der Waals surface area contributed by atoms with Gasteiger partial charge in [-0.2, -0.15) is 0 Å². The molecule has 0 radical (unpaired) electrons. The maximum absolute atomic E-state index is 15.0. The molecular formula is C29H31F3N6O2. The summed E-state index contributed by atoms with van der Waals surface area (Å²) in [4.78, 5) is 13.0. The first kappa shape index (κ1) is 27.6. The van der Waals surface area contributed by atoms with Gasteiger partial charge in [-0.25, -0.2) is 23.1 Å². The van der Waals surface area contributed by atoms with Crippen LogP contribution in [0.2, 0.25) is 0 Å². The molecule has 2 aromatic carbocycles. The number of halogens is 3. The van der Waals surface area contributed by atoms with Gasteiger partial charge in [-0.15, -0.1) is 0 Å². The molecule has 0 atom stereocenters. The van der Waals surface area contributed by atoms with Crippen LogP contribution in [0.1, 0.15) is 24.0 Å². The van der Waals surface area contributed by atoms with E-state index in [0.717, 1.165) is 58.2 Å². The molecule has 0 amide bonds. The Labute approximate surface area is 231 Å². The summed E-state index contributed by atoms with van der Waals surface area (Å²) in [5.41, 5.74) is 0.937. The highest BCUT2D eigenvalue weighted by Gasteiger charge is 2.26. The molecule has 3 heterocycles. The van der Waals surface area contributed by atoms with Gasteiger partial charge in [-0.05, 0) is 31.0 Å². The van der Waals surface area contributed by atoms with Crippen molar-refractivity contribution in [1.82, 2.24) is 20.2 Å². The van der Waals surface area contributed by atoms with Crippen molar-refractivity contribution in [3.63, 3.8) is 0 Å². The van der Waals surface area contributed by atoms with Gasteiger partial charge in [0.15, 0.2) is 23.1 Å². The van der Waals surface area contributed by atoms with E-state index < -0.39 is 17.2 Å². The van der Waals surface area contributed by atoms with E-state index in [2.05, 4.69) is 42.2 Å². The minimum atomic E-state index is -0.929. The number of hydrogen-bond donors (Lipinski definition) is 2. The molecule has 11 heteroatoms. The smallest absolute Gasteiger partial charge is 0.227 e. The Hall–Kier alpha value is -4.01. The molecule has 2 N–H and O–H groups in total. The Morgan fingerprint density at radius 2 is 1.55 bits per heavy atom. The maximum Gasteiger partial charge on any atom is 0.227 e. The van der Waals surface area contributed by atoms with Crippen molar-refractivity contribution >= 4 is 17.3 Å². The standard InChI is InChI=1S/C29H31F3N6O2/c1-39-25-16-26(40-2)28(32)22(27(25)31)5-3-19-17-34-29(35-18-19)36-20-4-6-24(23(30)15-20)38-11-7-21(8-12-38)37-13-9-33-10-14-37/h4,6,15-18,21,33H,7-14H2,1-2H3,(H,34,35,36). The first-order valence-electron chi connectivity index (χ1n) is 13.2. The molecule has 210 valence electrons. The second-order valence-electron chi connectivity index (χ2n) is 9.62. The minimum Gasteiger partial charge on any atom is -0.493 e. The molecule has 2 aliphatic rings. The predicted octanol–water partition coefficient (Wildman–Crippen LogP) is 3.93. The largest absolute Gasteiger partial charge is 0.493 e.